The Morgan fingerprint density at radius 1 is 1.56 bits per heavy atom. The van der Waals surface area contributed by atoms with E-state index in [4.69, 9.17) is 0 Å². The maximum absolute atomic E-state index is 12.3. The lowest BCUT2D eigenvalue weighted by Gasteiger charge is -2.22. The van der Waals surface area contributed by atoms with Gasteiger partial charge in [-0.25, -0.2) is 4.98 Å². The minimum atomic E-state index is -4.39. The summed E-state index contributed by atoms with van der Waals surface area (Å²) in [6, 6.07) is -0.320. The molecule has 1 aliphatic carbocycles. The Kier molecular flexibility index (Phi) is 2.56. The van der Waals surface area contributed by atoms with Crippen LogP contribution in [0.4, 0.5) is 13.2 Å². The van der Waals surface area contributed by atoms with Crippen molar-refractivity contribution in [3.63, 3.8) is 0 Å². The van der Waals surface area contributed by atoms with E-state index in [2.05, 4.69) is 15.2 Å². The van der Waals surface area contributed by atoms with Crippen molar-refractivity contribution in [1.29, 1.82) is 0 Å². The molecule has 0 aliphatic heterocycles. The lowest BCUT2D eigenvalue weighted by molar-refractivity contribution is -0.141. The number of carbonyl (C=O) groups excluding carboxylic acids is 1. The first-order valence-corrected chi connectivity index (χ1v) is 4.70. The van der Waals surface area contributed by atoms with E-state index in [1.54, 1.807) is 0 Å². The molecule has 0 aromatic carbocycles. The smallest absolute Gasteiger partial charge is 0.324 e. The standard InChI is InChI=1S/C8H9F3N4O/c9-8(10,11)3-15(5-1-2-5)7(16)6-12-4-13-14-6/h4-5H,1-3H2,(H,12,13,14). The third kappa shape index (κ3) is 2.50. The third-order valence-electron chi connectivity index (χ3n) is 2.22. The van der Waals surface area contributed by atoms with Gasteiger partial charge in [0.15, 0.2) is 0 Å². The van der Waals surface area contributed by atoms with Crippen molar-refractivity contribution in [3.8, 4) is 0 Å². The predicted molar refractivity (Wildman–Crippen MR) is 46.5 cm³/mol. The van der Waals surface area contributed by atoms with Crippen molar-refractivity contribution in [3.05, 3.63) is 12.2 Å². The number of nitrogens with one attached hydrogen (secondary N) is 1. The van der Waals surface area contributed by atoms with Crippen LogP contribution in [0.1, 0.15) is 23.5 Å². The minimum absolute atomic E-state index is 0.156. The van der Waals surface area contributed by atoms with Crippen LogP contribution in [0.25, 0.3) is 0 Å². The van der Waals surface area contributed by atoms with Gasteiger partial charge in [-0.15, -0.1) is 0 Å². The molecule has 2 rings (SSSR count). The first-order chi connectivity index (χ1) is 7.47. The molecule has 88 valence electrons. The number of alkyl halides is 3. The zero-order valence-corrected chi connectivity index (χ0v) is 8.16. The topological polar surface area (TPSA) is 61.9 Å². The summed E-state index contributed by atoms with van der Waals surface area (Å²) >= 11 is 0. The highest BCUT2D eigenvalue weighted by molar-refractivity contribution is 5.90. The number of aromatic amines is 1. The van der Waals surface area contributed by atoms with Gasteiger partial charge in [0, 0.05) is 6.04 Å². The maximum Gasteiger partial charge on any atom is 0.406 e. The molecule has 1 aliphatic rings. The number of nitrogens with zero attached hydrogens (tertiary/aromatic N) is 3. The Balaban J connectivity index is 2.11. The van der Waals surface area contributed by atoms with Crippen molar-refractivity contribution in [2.45, 2.75) is 25.1 Å². The molecular weight excluding hydrogens is 225 g/mol. The van der Waals surface area contributed by atoms with Crippen molar-refractivity contribution in [1.82, 2.24) is 20.1 Å². The van der Waals surface area contributed by atoms with E-state index >= 15 is 0 Å². The summed E-state index contributed by atoms with van der Waals surface area (Å²) in [5.41, 5.74) is 0. The molecule has 5 nitrogen and oxygen atoms in total. The van der Waals surface area contributed by atoms with Crippen LogP contribution in [-0.4, -0.2) is 44.8 Å². The summed E-state index contributed by atoms with van der Waals surface area (Å²) in [7, 11) is 0. The average molecular weight is 234 g/mol. The zero-order chi connectivity index (χ0) is 11.8. The Hall–Kier alpha value is -1.60. The van der Waals surface area contributed by atoms with E-state index in [1.165, 1.54) is 0 Å². The minimum Gasteiger partial charge on any atom is -0.324 e. The van der Waals surface area contributed by atoms with Gasteiger partial charge in [-0.05, 0) is 12.8 Å². The molecule has 1 N–H and O–H groups in total. The molecule has 1 aromatic rings. The number of hydrogen-bond acceptors (Lipinski definition) is 3. The average Bonchev–Trinajstić information content (AvgIpc) is 2.87. The molecule has 8 heteroatoms. The molecule has 1 amide bonds. The Morgan fingerprint density at radius 2 is 2.25 bits per heavy atom. The number of carbonyl (C=O) groups is 1. The van der Waals surface area contributed by atoms with Gasteiger partial charge in [-0.1, -0.05) is 0 Å². The Morgan fingerprint density at radius 3 is 2.69 bits per heavy atom. The van der Waals surface area contributed by atoms with Crippen molar-refractivity contribution in [2.24, 2.45) is 0 Å². The highest BCUT2D eigenvalue weighted by atomic mass is 19.4. The molecule has 1 aromatic heterocycles. The van der Waals surface area contributed by atoms with Crippen LogP contribution >= 0.6 is 0 Å². The zero-order valence-electron chi connectivity index (χ0n) is 8.16. The van der Waals surface area contributed by atoms with Gasteiger partial charge in [0.25, 0.3) is 5.91 Å². The summed E-state index contributed by atoms with van der Waals surface area (Å²) in [4.78, 5) is 16.0. The molecule has 1 heterocycles. The molecule has 0 bridgehead atoms. The van der Waals surface area contributed by atoms with Gasteiger partial charge in [0.2, 0.25) is 5.82 Å². The second-order valence-corrected chi connectivity index (χ2v) is 3.61. The summed E-state index contributed by atoms with van der Waals surface area (Å²) < 4.78 is 36.8. The molecule has 0 spiro atoms. The second kappa shape index (κ2) is 3.76. The molecule has 1 saturated carbocycles. The first kappa shape index (κ1) is 10.9. The normalized spacial score (nSPS) is 16.2. The number of rotatable bonds is 3. The molecule has 1 fully saturated rings. The second-order valence-electron chi connectivity index (χ2n) is 3.61. The molecule has 0 radical (unpaired) electrons. The summed E-state index contributed by atoms with van der Waals surface area (Å²) in [5.74, 6) is -0.909. The van der Waals surface area contributed by atoms with Crippen molar-refractivity contribution in [2.75, 3.05) is 6.54 Å². The number of hydrogen-bond donors (Lipinski definition) is 1. The lowest BCUT2D eigenvalue weighted by atomic mass is 10.4. The van der Waals surface area contributed by atoms with Crippen molar-refractivity contribution >= 4 is 5.91 Å². The molecule has 0 saturated heterocycles. The predicted octanol–water partition coefficient (Wildman–Crippen LogP) is 0.972. The van der Waals surface area contributed by atoms with E-state index in [0.717, 1.165) is 11.2 Å². The molecule has 16 heavy (non-hydrogen) atoms. The summed E-state index contributed by atoms with van der Waals surface area (Å²) in [5, 5.41) is 5.70. The number of aromatic nitrogens is 3. The van der Waals surface area contributed by atoms with Gasteiger partial charge in [-0.2, -0.15) is 18.3 Å². The van der Waals surface area contributed by atoms with Crippen LogP contribution in [-0.2, 0) is 0 Å². The Labute approximate surface area is 88.7 Å². The fraction of sp³-hybridized carbons (Fsp3) is 0.625. The van der Waals surface area contributed by atoms with Crippen LogP contribution in [0.2, 0.25) is 0 Å². The van der Waals surface area contributed by atoms with Crippen molar-refractivity contribution < 1.29 is 18.0 Å². The van der Waals surface area contributed by atoms with Gasteiger partial charge in [0.1, 0.15) is 12.9 Å². The van der Waals surface area contributed by atoms with Gasteiger partial charge < -0.3 is 4.90 Å². The Bertz CT molecular complexity index is 371. The van der Waals surface area contributed by atoms with Crippen LogP contribution in [0.15, 0.2) is 6.33 Å². The van der Waals surface area contributed by atoms with Crippen LogP contribution in [0.5, 0.6) is 0 Å². The number of H-pyrrole nitrogens is 1. The van der Waals surface area contributed by atoms with Gasteiger partial charge in [0.05, 0.1) is 0 Å². The number of amides is 1. The van der Waals surface area contributed by atoms with Crippen LogP contribution < -0.4 is 0 Å². The molecule has 0 atom stereocenters. The number of halogens is 3. The maximum atomic E-state index is 12.3. The van der Waals surface area contributed by atoms with Gasteiger partial charge >= 0.3 is 6.18 Å². The summed E-state index contributed by atoms with van der Waals surface area (Å²) in [6.45, 7) is -1.24. The highest BCUT2D eigenvalue weighted by Crippen LogP contribution is 2.30. The highest BCUT2D eigenvalue weighted by Gasteiger charge is 2.41. The van der Waals surface area contributed by atoms with E-state index < -0.39 is 18.6 Å². The monoisotopic (exact) mass is 234 g/mol. The largest absolute Gasteiger partial charge is 0.406 e. The van der Waals surface area contributed by atoms with Crippen LogP contribution in [0.3, 0.4) is 0 Å². The van der Waals surface area contributed by atoms with Crippen LogP contribution in [0, 0.1) is 0 Å². The van der Waals surface area contributed by atoms with Gasteiger partial charge in [-0.3, -0.25) is 9.89 Å². The van der Waals surface area contributed by atoms with E-state index in [1.807, 2.05) is 0 Å². The fourth-order valence-corrected chi connectivity index (χ4v) is 1.39. The lowest BCUT2D eigenvalue weighted by Crippen LogP contribution is -2.41. The molecule has 0 unspecified atom stereocenters. The quantitative estimate of drug-likeness (QED) is 0.847. The first-order valence-electron chi connectivity index (χ1n) is 4.70. The SMILES string of the molecule is O=C(c1ncn[nH]1)N(CC(F)(F)F)C1CC1. The van der Waals surface area contributed by atoms with E-state index in [9.17, 15) is 18.0 Å². The molecular formula is C8H9F3N4O. The van der Waals surface area contributed by atoms with E-state index in [0.29, 0.717) is 12.8 Å². The summed E-state index contributed by atoms with van der Waals surface area (Å²) in [6.07, 6.45) is -2.09. The fourth-order valence-electron chi connectivity index (χ4n) is 1.39. The third-order valence-corrected chi connectivity index (χ3v) is 2.22. The van der Waals surface area contributed by atoms with E-state index in [-0.39, 0.29) is 11.9 Å².